The van der Waals surface area contributed by atoms with Gasteiger partial charge >= 0.3 is 0 Å². The lowest BCUT2D eigenvalue weighted by molar-refractivity contribution is 0.0870. The first-order valence-corrected chi connectivity index (χ1v) is 8.23. The minimum atomic E-state index is -0.418. The highest BCUT2D eigenvalue weighted by molar-refractivity contribution is 9.09. The molecule has 1 aromatic carbocycles. The number of aryl methyl sites for hydroxylation is 1. The standard InChI is InChI=1S/C16H21BrFNO/c1-11-6-8-16(10-17,9-7-11)19-15(20)13-5-3-4-12(2)14(13)18/h3-5,11H,6-10H2,1-2H3,(H,19,20). The SMILES string of the molecule is Cc1cccc(C(=O)NC2(CBr)CCC(C)CC2)c1F. The molecule has 1 saturated carbocycles. The van der Waals surface area contributed by atoms with Gasteiger partial charge in [-0.1, -0.05) is 35.0 Å². The zero-order chi connectivity index (χ0) is 14.8. The van der Waals surface area contributed by atoms with E-state index in [1.807, 2.05) is 0 Å². The maximum absolute atomic E-state index is 14.0. The molecule has 1 N–H and O–H groups in total. The van der Waals surface area contributed by atoms with Crippen molar-refractivity contribution >= 4 is 21.8 Å². The summed E-state index contributed by atoms with van der Waals surface area (Å²) >= 11 is 3.51. The van der Waals surface area contributed by atoms with Crippen LogP contribution in [-0.4, -0.2) is 16.8 Å². The highest BCUT2D eigenvalue weighted by atomic mass is 79.9. The number of hydrogen-bond acceptors (Lipinski definition) is 1. The van der Waals surface area contributed by atoms with E-state index >= 15 is 0 Å². The predicted octanol–water partition coefficient (Wildman–Crippen LogP) is 4.21. The molecule has 0 radical (unpaired) electrons. The van der Waals surface area contributed by atoms with Gasteiger partial charge in [-0.2, -0.15) is 0 Å². The van der Waals surface area contributed by atoms with Crippen LogP contribution in [0, 0.1) is 18.7 Å². The second-order valence-electron chi connectivity index (χ2n) is 5.99. The summed E-state index contributed by atoms with van der Waals surface area (Å²) in [6.07, 6.45) is 4.08. The molecular weight excluding hydrogens is 321 g/mol. The molecule has 1 aliphatic carbocycles. The van der Waals surface area contributed by atoms with Gasteiger partial charge in [0.1, 0.15) is 5.82 Å². The fraction of sp³-hybridized carbons (Fsp3) is 0.562. The first kappa shape index (κ1) is 15.5. The minimum Gasteiger partial charge on any atom is -0.346 e. The van der Waals surface area contributed by atoms with E-state index in [0.717, 1.165) is 25.7 Å². The van der Waals surface area contributed by atoms with Crippen LogP contribution in [0.5, 0.6) is 0 Å². The molecule has 0 saturated heterocycles. The molecule has 0 aromatic heterocycles. The molecule has 0 unspecified atom stereocenters. The first-order valence-electron chi connectivity index (χ1n) is 7.11. The van der Waals surface area contributed by atoms with Gasteiger partial charge in [-0.25, -0.2) is 4.39 Å². The van der Waals surface area contributed by atoms with E-state index in [2.05, 4.69) is 28.2 Å². The molecule has 1 amide bonds. The van der Waals surface area contributed by atoms with E-state index < -0.39 is 5.82 Å². The van der Waals surface area contributed by atoms with Crippen LogP contribution in [-0.2, 0) is 0 Å². The average molecular weight is 342 g/mol. The maximum Gasteiger partial charge on any atom is 0.254 e. The Morgan fingerprint density at radius 2 is 2.10 bits per heavy atom. The number of nitrogens with one attached hydrogen (secondary N) is 1. The summed E-state index contributed by atoms with van der Waals surface area (Å²) in [7, 11) is 0. The van der Waals surface area contributed by atoms with Crippen LogP contribution in [0.1, 0.15) is 48.5 Å². The molecule has 110 valence electrons. The predicted molar refractivity (Wildman–Crippen MR) is 82.8 cm³/mol. The van der Waals surface area contributed by atoms with Crippen molar-refractivity contribution in [3.63, 3.8) is 0 Å². The number of amides is 1. The van der Waals surface area contributed by atoms with Crippen LogP contribution in [0.25, 0.3) is 0 Å². The number of hydrogen-bond donors (Lipinski definition) is 1. The van der Waals surface area contributed by atoms with Crippen LogP contribution in [0.15, 0.2) is 18.2 Å². The van der Waals surface area contributed by atoms with E-state index in [-0.39, 0.29) is 17.0 Å². The van der Waals surface area contributed by atoms with Crippen LogP contribution >= 0.6 is 15.9 Å². The Labute approximate surface area is 128 Å². The Kier molecular flexibility index (Phi) is 4.84. The Bertz CT molecular complexity index is 495. The third kappa shape index (κ3) is 3.22. The quantitative estimate of drug-likeness (QED) is 0.820. The van der Waals surface area contributed by atoms with Crippen molar-refractivity contribution < 1.29 is 9.18 Å². The largest absolute Gasteiger partial charge is 0.346 e. The number of carbonyl (C=O) groups excluding carboxylic acids is 1. The van der Waals surface area contributed by atoms with Crippen molar-refractivity contribution in [1.82, 2.24) is 5.32 Å². The van der Waals surface area contributed by atoms with Crippen molar-refractivity contribution in [2.24, 2.45) is 5.92 Å². The molecule has 1 aromatic rings. The van der Waals surface area contributed by atoms with E-state index in [1.54, 1.807) is 25.1 Å². The second kappa shape index (κ2) is 6.25. The second-order valence-corrected chi connectivity index (χ2v) is 6.55. The van der Waals surface area contributed by atoms with Crippen molar-refractivity contribution in [3.05, 3.63) is 35.1 Å². The van der Waals surface area contributed by atoms with Crippen molar-refractivity contribution in [2.45, 2.75) is 45.1 Å². The van der Waals surface area contributed by atoms with Gasteiger partial charge in [-0.15, -0.1) is 0 Å². The summed E-state index contributed by atoms with van der Waals surface area (Å²) in [5, 5.41) is 3.78. The molecular formula is C16H21BrFNO. The zero-order valence-corrected chi connectivity index (χ0v) is 13.6. The summed E-state index contributed by atoms with van der Waals surface area (Å²) in [6.45, 7) is 3.91. The third-order valence-corrected chi connectivity index (χ3v) is 5.38. The highest BCUT2D eigenvalue weighted by Crippen LogP contribution is 2.33. The zero-order valence-electron chi connectivity index (χ0n) is 12.0. The van der Waals surface area contributed by atoms with Crippen LogP contribution < -0.4 is 5.32 Å². The number of rotatable bonds is 3. The van der Waals surface area contributed by atoms with E-state index in [4.69, 9.17) is 0 Å². The fourth-order valence-corrected chi connectivity index (χ4v) is 3.44. The van der Waals surface area contributed by atoms with Gasteiger partial charge in [0.25, 0.3) is 5.91 Å². The summed E-state index contributed by atoms with van der Waals surface area (Å²) in [6, 6.07) is 4.94. The molecule has 0 heterocycles. The molecule has 0 atom stereocenters. The van der Waals surface area contributed by atoms with Gasteiger partial charge in [-0.3, -0.25) is 4.79 Å². The molecule has 1 fully saturated rings. The topological polar surface area (TPSA) is 29.1 Å². The summed E-state index contributed by atoms with van der Waals surface area (Å²) < 4.78 is 14.0. The Balaban J connectivity index is 2.15. The van der Waals surface area contributed by atoms with Crippen LogP contribution in [0.3, 0.4) is 0 Å². The fourth-order valence-electron chi connectivity index (χ4n) is 2.74. The number of carbonyl (C=O) groups is 1. The smallest absolute Gasteiger partial charge is 0.254 e. The molecule has 20 heavy (non-hydrogen) atoms. The van der Waals surface area contributed by atoms with Gasteiger partial charge in [-0.05, 0) is 50.2 Å². The lowest BCUT2D eigenvalue weighted by Crippen LogP contribution is -2.52. The molecule has 0 aliphatic heterocycles. The third-order valence-electron chi connectivity index (χ3n) is 4.30. The van der Waals surface area contributed by atoms with Crippen LogP contribution in [0.2, 0.25) is 0 Å². The Morgan fingerprint density at radius 1 is 1.45 bits per heavy atom. The van der Waals surface area contributed by atoms with Crippen LogP contribution in [0.4, 0.5) is 4.39 Å². The first-order chi connectivity index (χ1) is 9.47. The Hall–Kier alpha value is -0.900. The van der Waals surface area contributed by atoms with Gasteiger partial charge < -0.3 is 5.32 Å². The van der Waals surface area contributed by atoms with E-state index in [1.165, 1.54) is 0 Å². The molecule has 1 aliphatic rings. The molecule has 0 spiro atoms. The number of halogens is 2. The van der Waals surface area contributed by atoms with E-state index in [9.17, 15) is 9.18 Å². The summed E-state index contributed by atoms with van der Waals surface area (Å²) in [4.78, 5) is 12.4. The highest BCUT2D eigenvalue weighted by Gasteiger charge is 2.35. The molecule has 0 bridgehead atoms. The van der Waals surface area contributed by atoms with Crippen molar-refractivity contribution in [1.29, 1.82) is 0 Å². The summed E-state index contributed by atoms with van der Waals surface area (Å²) in [5.74, 6) is -0.0196. The average Bonchev–Trinajstić information content (AvgIpc) is 2.44. The number of alkyl halides is 1. The minimum absolute atomic E-state index is 0.143. The van der Waals surface area contributed by atoms with Crippen molar-refractivity contribution in [2.75, 3.05) is 5.33 Å². The summed E-state index contributed by atoms with van der Waals surface area (Å²) in [5.41, 5.74) is 0.409. The van der Waals surface area contributed by atoms with Gasteiger partial charge in [0.15, 0.2) is 0 Å². The van der Waals surface area contributed by atoms with Gasteiger partial charge in [0, 0.05) is 5.33 Å². The molecule has 2 nitrogen and oxygen atoms in total. The molecule has 2 rings (SSSR count). The lowest BCUT2D eigenvalue weighted by Gasteiger charge is -2.39. The lowest BCUT2D eigenvalue weighted by atomic mass is 9.78. The molecule has 4 heteroatoms. The normalized spacial score (nSPS) is 26.3. The number of benzene rings is 1. The maximum atomic E-state index is 14.0. The van der Waals surface area contributed by atoms with Gasteiger partial charge in [0.2, 0.25) is 0 Å². The van der Waals surface area contributed by atoms with E-state index in [0.29, 0.717) is 16.8 Å². The Morgan fingerprint density at radius 3 is 2.70 bits per heavy atom. The van der Waals surface area contributed by atoms with Gasteiger partial charge in [0.05, 0.1) is 11.1 Å². The monoisotopic (exact) mass is 341 g/mol. The van der Waals surface area contributed by atoms with Crippen molar-refractivity contribution in [3.8, 4) is 0 Å².